The molecule has 0 atom stereocenters. The van der Waals surface area contributed by atoms with E-state index in [0.717, 1.165) is 0 Å². The molecule has 10 heteroatoms. The second-order valence-electron chi connectivity index (χ2n) is 5.63. The number of nitrogens with zero attached hydrogens (tertiary/aromatic N) is 4. The molecule has 0 saturated carbocycles. The molecule has 0 aliphatic heterocycles. The molecule has 0 aliphatic carbocycles. The van der Waals surface area contributed by atoms with Crippen LogP contribution < -0.4 is 10.1 Å². The molecule has 8 nitrogen and oxygen atoms in total. The molecule has 0 saturated heterocycles. The van der Waals surface area contributed by atoms with Crippen molar-refractivity contribution in [2.24, 2.45) is 12.2 Å². The summed E-state index contributed by atoms with van der Waals surface area (Å²) in [7, 11) is 3.22. The Morgan fingerprint density at radius 3 is 2.74 bits per heavy atom. The van der Waals surface area contributed by atoms with E-state index < -0.39 is 5.91 Å². The average molecular weight is 408 g/mol. The number of benzene rings is 1. The molecule has 3 rings (SSSR count). The van der Waals surface area contributed by atoms with Crippen LogP contribution in [0.1, 0.15) is 23.1 Å². The maximum atomic E-state index is 12.9. The van der Waals surface area contributed by atoms with Gasteiger partial charge in [-0.3, -0.25) is 4.79 Å². The first-order chi connectivity index (χ1) is 12.9. The topological polar surface area (TPSA) is 102 Å². The number of anilines is 1. The predicted molar refractivity (Wildman–Crippen MR) is 103 cm³/mol. The van der Waals surface area contributed by atoms with E-state index in [1.807, 2.05) is 0 Å². The van der Waals surface area contributed by atoms with Crippen molar-refractivity contribution in [3.63, 3.8) is 0 Å². The number of ether oxygens (including phenoxy) is 1. The molecular formula is C17H15Cl2N5O3. The first-order valence-electron chi connectivity index (χ1n) is 7.72. The van der Waals surface area contributed by atoms with Crippen LogP contribution in [0.2, 0.25) is 10.0 Å². The minimum atomic E-state index is -0.437. The summed E-state index contributed by atoms with van der Waals surface area (Å²) in [5.74, 6) is 0.628. The fraction of sp³-hybridized carbons (Fsp3) is 0.176. The lowest BCUT2D eigenvalue weighted by Crippen LogP contribution is -2.15. The van der Waals surface area contributed by atoms with Gasteiger partial charge in [-0.25, -0.2) is 9.97 Å². The molecule has 27 heavy (non-hydrogen) atoms. The molecule has 2 heterocycles. The zero-order chi connectivity index (χ0) is 19.7. The summed E-state index contributed by atoms with van der Waals surface area (Å²) in [5, 5.41) is 15.5. The summed E-state index contributed by atoms with van der Waals surface area (Å²) in [6, 6.07) is 4.73. The third-order valence-electron chi connectivity index (χ3n) is 3.96. The van der Waals surface area contributed by atoms with Crippen LogP contribution in [0.15, 0.2) is 29.6 Å². The minimum Gasteiger partial charge on any atom is -0.494 e. The van der Waals surface area contributed by atoms with Crippen molar-refractivity contribution < 1.29 is 14.7 Å². The van der Waals surface area contributed by atoms with Gasteiger partial charge in [-0.05, 0) is 25.1 Å². The SMILES string of the molecule is COc1ccc(C(=O)Nc2ncc(Cl)cc2Cl)c2c1nc(C(C)=NO)n2C. The number of oxime groups is 1. The molecule has 0 bridgehead atoms. The van der Waals surface area contributed by atoms with Crippen molar-refractivity contribution in [2.45, 2.75) is 6.92 Å². The van der Waals surface area contributed by atoms with Crippen LogP contribution >= 0.6 is 23.2 Å². The normalized spacial score (nSPS) is 11.7. The molecule has 0 fully saturated rings. The Bertz CT molecular complexity index is 1080. The van der Waals surface area contributed by atoms with Crippen molar-refractivity contribution in [1.82, 2.24) is 14.5 Å². The van der Waals surface area contributed by atoms with E-state index in [-0.39, 0.29) is 10.8 Å². The number of aryl methyl sites for hydroxylation is 1. The molecule has 0 radical (unpaired) electrons. The van der Waals surface area contributed by atoms with Gasteiger partial charge in [0.1, 0.15) is 17.0 Å². The number of hydrogen-bond acceptors (Lipinski definition) is 6. The van der Waals surface area contributed by atoms with E-state index in [1.165, 1.54) is 19.4 Å². The van der Waals surface area contributed by atoms with Gasteiger partial charge in [0.25, 0.3) is 5.91 Å². The maximum absolute atomic E-state index is 12.9. The van der Waals surface area contributed by atoms with Gasteiger partial charge < -0.3 is 19.8 Å². The molecule has 2 N–H and O–H groups in total. The number of hydrogen-bond donors (Lipinski definition) is 2. The van der Waals surface area contributed by atoms with Crippen molar-refractivity contribution in [1.29, 1.82) is 0 Å². The Hall–Kier alpha value is -2.84. The number of carbonyl (C=O) groups excluding carboxylic acids is 1. The van der Waals surface area contributed by atoms with Crippen LogP contribution in [0.25, 0.3) is 11.0 Å². The van der Waals surface area contributed by atoms with Crippen LogP contribution in [-0.2, 0) is 7.05 Å². The second kappa shape index (κ2) is 7.42. The highest BCUT2D eigenvalue weighted by molar-refractivity contribution is 6.36. The first-order valence-corrected chi connectivity index (χ1v) is 8.47. The van der Waals surface area contributed by atoms with E-state index in [9.17, 15) is 4.79 Å². The molecule has 0 spiro atoms. The van der Waals surface area contributed by atoms with E-state index in [1.54, 1.807) is 30.7 Å². The van der Waals surface area contributed by atoms with Crippen molar-refractivity contribution >= 4 is 51.7 Å². The third kappa shape index (κ3) is 3.41. The lowest BCUT2D eigenvalue weighted by molar-refractivity contribution is 0.102. The van der Waals surface area contributed by atoms with Crippen LogP contribution in [0.4, 0.5) is 5.82 Å². The maximum Gasteiger partial charge on any atom is 0.259 e. The second-order valence-corrected chi connectivity index (χ2v) is 6.47. The smallest absolute Gasteiger partial charge is 0.259 e. The Kier molecular flexibility index (Phi) is 5.20. The zero-order valence-electron chi connectivity index (χ0n) is 14.6. The first kappa shape index (κ1) is 18.9. The Morgan fingerprint density at radius 1 is 1.37 bits per heavy atom. The molecule has 0 aliphatic rings. The van der Waals surface area contributed by atoms with Crippen LogP contribution in [-0.4, -0.2) is 38.5 Å². The standard InChI is InChI=1S/C17H15Cl2N5O3/c1-8(23-26)16-21-13-12(27-3)5-4-10(14(13)24(16)2)17(25)22-15-11(19)6-9(18)7-20-15/h4-7,26H,1-3H3,(H,20,22,25). The van der Waals surface area contributed by atoms with Gasteiger partial charge in [-0.15, -0.1) is 0 Å². The Labute approximate surface area is 164 Å². The van der Waals surface area contributed by atoms with Gasteiger partial charge >= 0.3 is 0 Å². The summed E-state index contributed by atoms with van der Waals surface area (Å²) in [5.41, 5.74) is 1.59. The Morgan fingerprint density at radius 2 is 2.11 bits per heavy atom. The molecule has 0 unspecified atom stereocenters. The molecule has 1 aromatic carbocycles. The summed E-state index contributed by atoms with van der Waals surface area (Å²) in [4.78, 5) is 21.3. The van der Waals surface area contributed by atoms with Crippen molar-refractivity contribution in [3.8, 4) is 5.75 Å². The number of carbonyl (C=O) groups is 1. The summed E-state index contributed by atoms with van der Waals surface area (Å²) in [6.07, 6.45) is 1.38. The number of halogens is 2. The predicted octanol–water partition coefficient (Wildman–Crippen LogP) is 3.73. The summed E-state index contributed by atoms with van der Waals surface area (Å²) < 4.78 is 6.99. The number of fused-ring (bicyclic) bond motifs is 1. The molecule has 2 aromatic heterocycles. The molecule has 140 valence electrons. The van der Waals surface area contributed by atoms with Gasteiger partial charge in [-0.1, -0.05) is 28.4 Å². The molecule has 1 amide bonds. The largest absolute Gasteiger partial charge is 0.494 e. The van der Waals surface area contributed by atoms with Gasteiger partial charge in [0.05, 0.1) is 28.2 Å². The van der Waals surface area contributed by atoms with Crippen molar-refractivity contribution in [3.05, 3.63) is 45.8 Å². The summed E-state index contributed by atoms with van der Waals surface area (Å²) >= 11 is 11.9. The molecular weight excluding hydrogens is 393 g/mol. The number of rotatable bonds is 4. The fourth-order valence-corrected chi connectivity index (χ4v) is 3.12. The quantitative estimate of drug-likeness (QED) is 0.389. The van der Waals surface area contributed by atoms with Gasteiger partial charge in [0.15, 0.2) is 11.6 Å². The highest BCUT2D eigenvalue weighted by Crippen LogP contribution is 2.30. The van der Waals surface area contributed by atoms with E-state index in [2.05, 4.69) is 20.4 Å². The van der Waals surface area contributed by atoms with Crippen LogP contribution in [0.5, 0.6) is 5.75 Å². The molecule has 3 aromatic rings. The third-order valence-corrected chi connectivity index (χ3v) is 4.46. The number of imidazole rings is 1. The fourth-order valence-electron chi connectivity index (χ4n) is 2.69. The van der Waals surface area contributed by atoms with Crippen molar-refractivity contribution in [2.75, 3.05) is 12.4 Å². The number of aromatic nitrogens is 3. The van der Waals surface area contributed by atoms with Gasteiger partial charge in [0, 0.05) is 13.2 Å². The van der Waals surface area contributed by atoms with E-state index in [0.29, 0.717) is 38.9 Å². The lowest BCUT2D eigenvalue weighted by Gasteiger charge is -2.10. The highest BCUT2D eigenvalue weighted by Gasteiger charge is 2.22. The van der Waals surface area contributed by atoms with E-state index >= 15 is 0 Å². The van der Waals surface area contributed by atoms with Gasteiger partial charge in [0.2, 0.25) is 0 Å². The number of methoxy groups -OCH3 is 1. The van der Waals surface area contributed by atoms with Gasteiger partial charge in [-0.2, -0.15) is 0 Å². The van der Waals surface area contributed by atoms with E-state index in [4.69, 9.17) is 33.1 Å². The number of amides is 1. The number of pyridine rings is 1. The minimum absolute atomic E-state index is 0.186. The zero-order valence-corrected chi connectivity index (χ0v) is 16.1. The number of nitrogens with one attached hydrogen (secondary N) is 1. The Balaban J connectivity index is 2.13. The van der Waals surface area contributed by atoms with Crippen LogP contribution in [0, 0.1) is 0 Å². The average Bonchev–Trinajstić information content (AvgIpc) is 3.00. The van der Waals surface area contributed by atoms with Crippen LogP contribution in [0.3, 0.4) is 0 Å². The lowest BCUT2D eigenvalue weighted by atomic mass is 10.1. The monoisotopic (exact) mass is 407 g/mol. The summed E-state index contributed by atoms with van der Waals surface area (Å²) in [6.45, 7) is 1.60. The highest BCUT2D eigenvalue weighted by atomic mass is 35.5.